The average Bonchev–Trinajstić information content (AvgIpc) is 3.34. The zero-order valence-corrected chi connectivity index (χ0v) is 14.6. The number of anilines is 2. The smallest absolute Gasteiger partial charge is 0.223 e. The first-order valence-corrected chi connectivity index (χ1v) is 9.45. The molecule has 7 nitrogen and oxygen atoms in total. The number of piperidine rings is 1. The van der Waals surface area contributed by atoms with E-state index < -0.39 is 0 Å². The highest BCUT2D eigenvalue weighted by molar-refractivity contribution is 5.77. The molecule has 3 fully saturated rings. The quantitative estimate of drug-likeness (QED) is 0.882. The summed E-state index contributed by atoms with van der Waals surface area (Å²) in [6.07, 6.45) is 6.96. The van der Waals surface area contributed by atoms with E-state index in [9.17, 15) is 4.79 Å². The predicted molar refractivity (Wildman–Crippen MR) is 95.5 cm³/mol. The van der Waals surface area contributed by atoms with Gasteiger partial charge in [0, 0.05) is 38.9 Å². The molecule has 1 aromatic heterocycles. The van der Waals surface area contributed by atoms with Gasteiger partial charge in [0.05, 0.1) is 12.0 Å². The van der Waals surface area contributed by atoms with E-state index in [4.69, 9.17) is 10.5 Å². The number of carbonyl (C=O) groups excluding carboxylic acids is 1. The SMILES string of the molecule is NC(=O)[C@H]1CCO[C@@H]1C1CCN(c2cc(N3CCCC3)ncn2)CC1. The fourth-order valence-corrected chi connectivity index (χ4v) is 4.47. The Morgan fingerprint density at radius 1 is 1.04 bits per heavy atom. The zero-order chi connectivity index (χ0) is 17.2. The summed E-state index contributed by atoms with van der Waals surface area (Å²) in [5.74, 6) is 2.14. The Hall–Kier alpha value is -1.89. The van der Waals surface area contributed by atoms with Gasteiger partial charge < -0.3 is 20.3 Å². The molecule has 0 spiro atoms. The molecule has 7 heteroatoms. The Morgan fingerprint density at radius 3 is 2.32 bits per heavy atom. The molecule has 0 unspecified atom stereocenters. The van der Waals surface area contributed by atoms with Gasteiger partial charge in [0.25, 0.3) is 0 Å². The molecule has 3 aliphatic heterocycles. The van der Waals surface area contributed by atoms with Gasteiger partial charge in [0.2, 0.25) is 5.91 Å². The van der Waals surface area contributed by atoms with Crippen LogP contribution in [0.4, 0.5) is 11.6 Å². The highest BCUT2D eigenvalue weighted by Gasteiger charge is 2.39. The molecule has 1 aromatic rings. The molecule has 0 aromatic carbocycles. The van der Waals surface area contributed by atoms with E-state index >= 15 is 0 Å². The molecule has 4 heterocycles. The summed E-state index contributed by atoms with van der Waals surface area (Å²) in [5.41, 5.74) is 5.54. The maximum atomic E-state index is 11.6. The van der Waals surface area contributed by atoms with Crippen molar-refractivity contribution in [1.29, 1.82) is 0 Å². The van der Waals surface area contributed by atoms with Crippen LogP contribution in [0.25, 0.3) is 0 Å². The van der Waals surface area contributed by atoms with Crippen LogP contribution in [0.3, 0.4) is 0 Å². The summed E-state index contributed by atoms with van der Waals surface area (Å²) >= 11 is 0. The molecule has 3 saturated heterocycles. The number of ether oxygens (including phenoxy) is 1. The highest BCUT2D eigenvalue weighted by atomic mass is 16.5. The molecule has 2 N–H and O–H groups in total. The van der Waals surface area contributed by atoms with Crippen LogP contribution >= 0.6 is 0 Å². The third-order valence-electron chi connectivity index (χ3n) is 5.90. The maximum Gasteiger partial charge on any atom is 0.223 e. The number of nitrogens with two attached hydrogens (primary N) is 1. The molecule has 2 atom stereocenters. The fraction of sp³-hybridized carbons (Fsp3) is 0.722. The molecule has 0 saturated carbocycles. The van der Waals surface area contributed by atoms with Crippen molar-refractivity contribution in [2.75, 3.05) is 42.6 Å². The molecule has 1 amide bonds. The van der Waals surface area contributed by atoms with Gasteiger partial charge in [0.1, 0.15) is 18.0 Å². The Morgan fingerprint density at radius 2 is 1.68 bits per heavy atom. The van der Waals surface area contributed by atoms with Gasteiger partial charge in [-0.3, -0.25) is 4.79 Å². The molecule has 0 bridgehead atoms. The van der Waals surface area contributed by atoms with E-state index in [1.807, 2.05) is 0 Å². The largest absolute Gasteiger partial charge is 0.377 e. The van der Waals surface area contributed by atoms with Crippen molar-refractivity contribution >= 4 is 17.5 Å². The second kappa shape index (κ2) is 7.15. The summed E-state index contributed by atoms with van der Waals surface area (Å²) in [6, 6.07) is 2.12. The van der Waals surface area contributed by atoms with Gasteiger partial charge in [-0.05, 0) is 38.0 Å². The van der Waals surface area contributed by atoms with Crippen molar-refractivity contribution in [1.82, 2.24) is 9.97 Å². The number of hydrogen-bond donors (Lipinski definition) is 1. The Labute approximate surface area is 148 Å². The molecular formula is C18H27N5O2. The lowest BCUT2D eigenvalue weighted by Gasteiger charge is -2.36. The number of rotatable bonds is 4. The van der Waals surface area contributed by atoms with Crippen LogP contribution in [0.15, 0.2) is 12.4 Å². The number of aromatic nitrogens is 2. The van der Waals surface area contributed by atoms with Gasteiger partial charge >= 0.3 is 0 Å². The van der Waals surface area contributed by atoms with Crippen LogP contribution in [0.2, 0.25) is 0 Å². The summed E-state index contributed by atoms with van der Waals surface area (Å²) in [5, 5.41) is 0. The molecule has 0 aliphatic carbocycles. The number of primary amides is 1. The first-order chi connectivity index (χ1) is 12.2. The van der Waals surface area contributed by atoms with Crippen molar-refractivity contribution in [2.24, 2.45) is 17.6 Å². The lowest BCUT2D eigenvalue weighted by Crippen LogP contribution is -2.42. The van der Waals surface area contributed by atoms with Crippen LogP contribution in [0.5, 0.6) is 0 Å². The minimum absolute atomic E-state index is 0.00482. The average molecular weight is 345 g/mol. The van der Waals surface area contributed by atoms with Crippen molar-refractivity contribution in [3.63, 3.8) is 0 Å². The van der Waals surface area contributed by atoms with E-state index in [-0.39, 0.29) is 17.9 Å². The normalized spacial score (nSPS) is 27.8. The summed E-state index contributed by atoms with van der Waals surface area (Å²) < 4.78 is 5.84. The van der Waals surface area contributed by atoms with Crippen molar-refractivity contribution in [2.45, 2.75) is 38.2 Å². The number of nitrogens with zero attached hydrogens (tertiary/aromatic N) is 4. The maximum absolute atomic E-state index is 11.6. The molecule has 4 rings (SSSR count). The highest BCUT2D eigenvalue weighted by Crippen LogP contribution is 2.34. The van der Waals surface area contributed by atoms with E-state index in [0.717, 1.165) is 57.1 Å². The second-order valence-corrected chi connectivity index (χ2v) is 7.39. The van der Waals surface area contributed by atoms with Crippen LogP contribution in [-0.2, 0) is 9.53 Å². The summed E-state index contributed by atoms with van der Waals surface area (Å²) in [4.78, 5) is 25.2. The van der Waals surface area contributed by atoms with E-state index in [0.29, 0.717) is 12.5 Å². The number of hydrogen-bond acceptors (Lipinski definition) is 6. The lowest BCUT2D eigenvalue weighted by molar-refractivity contribution is -0.124. The van der Waals surface area contributed by atoms with Crippen LogP contribution in [-0.4, -0.2) is 54.8 Å². The van der Waals surface area contributed by atoms with Crippen LogP contribution < -0.4 is 15.5 Å². The van der Waals surface area contributed by atoms with E-state index in [2.05, 4.69) is 25.8 Å². The third kappa shape index (κ3) is 3.42. The molecular weight excluding hydrogens is 318 g/mol. The lowest BCUT2D eigenvalue weighted by atomic mass is 9.84. The van der Waals surface area contributed by atoms with Crippen molar-refractivity contribution in [3.05, 3.63) is 12.4 Å². The topological polar surface area (TPSA) is 84.6 Å². The van der Waals surface area contributed by atoms with Gasteiger partial charge in [-0.15, -0.1) is 0 Å². The second-order valence-electron chi connectivity index (χ2n) is 7.39. The fourth-order valence-electron chi connectivity index (χ4n) is 4.47. The van der Waals surface area contributed by atoms with Crippen molar-refractivity contribution in [3.8, 4) is 0 Å². The summed E-state index contributed by atoms with van der Waals surface area (Å²) in [7, 11) is 0. The van der Waals surface area contributed by atoms with Crippen LogP contribution in [0.1, 0.15) is 32.1 Å². The van der Waals surface area contributed by atoms with E-state index in [1.165, 1.54) is 12.8 Å². The Bertz CT molecular complexity index is 611. The number of amides is 1. The molecule has 136 valence electrons. The first-order valence-electron chi connectivity index (χ1n) is 9.45. The predicted octanol–water partition coefficient (Wildman–Crippen LogP) is 1.18. The van der Waals surface area contributed by atoms with Gasteiger partial charge in [-0.2, -0.15) is 0 Å². The zero-order valence-electron chi connectivity index (χ0n) is 14.6. The van der Waals surface area contributed by atoms with E-state index in [1.54, 1.807) is 6.33 Å². The van der Waals surface area contributed by atoms with Gasteiger partial charge in [-0.25, -0.2) is 9.97 Å². The monoisotopic (exact) mass is 345 g/mol. The summed E-state index contributed by atoms with van der Waals surface area (Å²) in [6.45, 7) is 4.71. The Kier molecular flexibility index (Phi) is 4.74. The van der Waals surface area contributed by atoms with Crippen LogP contribution in [0, 0.1) is 11.8 Å². The first kappa shape index (κ1) is 16.6. The third-order valence-corrected chi connectivity index (χ3v) is 5.90. The Balaban J connectivity index is 1.39. The standard InChI is InChI=1S/C18H27N5O2/c19-18(24)14-5-10-25-17(14)13-3-8-23(9-4-13)16-11-15(20-12-21-16)22-6-1-2-7-22/h11-14,17H,1-10H2,(H2,19,24)/t14-,17+/m0/s1. The minimum Gasteiger partial charge on any atom is -0.377 e. The molecule has 25 heavy (non-hydrogen) atoms. The minimum atomic E-state index is -0.212. The molecule has 3 aliphatic rings. The van der Waals surface area contributed by atoms with Crippen molar-refractivity contribution < 1.29 is 9.53 Å². The molecule has 0 radical (unpaired) electrons. The van der Waals surface area contributed by atoms with Gasteiger partial charge in [-0.1, -0.05) is 0 Å². The number of carbonyl (C=O) groups is 1. The van der Waals surface area contributed by atoms with Gasteiger partial charge in [0.15, 0.2) is 0 Å².